The lowest BCUT2D eigenvalue weighted by atomic mass is 10.0. The van der Waals surface area contributed by atoms with Crippen molar-refractivity contribution in [2.75, 3.05) is 26.7 Å². The molecule has 2 aromatic carbocycles. The van der Waals surface area contributed by atoms with E-state index in [2.05, 4.69) is 52.1 Å². The number of nitrogens with zero attached hydrogens (tertiary/aromatic N) is 4. The Morgan fingerprint density at radius 2 is 1.87 bits per heavy atom. The van der Waals surface area contributed by atoms with Crippen molar-refractivity contribution in [1.29, 1.82) is 0 Å². The van der Waals surface area contributed by atoms with Crippen LogP contribution in [-0.2, 0) is 6.42 Å². The third-order valence-corrected chi connectivity index (χ3v) is 8.57. The number of thiazole rings is 1. The van der Waals surface area contributed by atoms with E-state index in [9.17, 15) is 4.79 Å². The summed E-state index contributed by atoms with van der Waals surface area (Å²) < 4.78 is 8.14. The Morgan fingerprint density at radius 3 is 2.63 bits per heavy atom. The van der Waals surface area contributed by atoms with E-state index >= 15 is 0 Å². The Labute approximate surface area is 227 Å². The molecule has 2 aliphatic rings. The summed E-state index contributed by atoms with van der Waals surface area (Å²) in [6.45, 7) is 4.73. The van der Waals surface area contributed by atoms with Crippen molar-refractivity contribution in [3.8, 4) is 5.75 Å². The quantitative estimate of drug-likeness (QED) is 0.261. The number of allylic oxidation sites excluding steroid dienone is 1. The molecule has 6 rings (SSSR count). The van der Waals surface area contributed by atoms with Gasteiger partial charge in [-0.05, 0) is 82.1 Å². The maximum atomic E-state index is 13.9. The second-order valence-electron chi connectivity index (χ2n) is 10.2. The number of carbonyl (C=O) groups is 1. The Morgan fingerprint density at radius 1 is 1.05 bits per heavy atom. The van der Waals surface area contributed by atoms with Gasteiger partial charge in [0.25, 0.3) is 0 Å². The average molecular weight is 525 g/mol. The third-order valence-electron chi connectivity index (χ3n) is 7.63. The molecule has 0 spiro atoms. The number of Topliss-reactive ketones (excluding diaryl/α,β-unsaturated/α-hetero) is 1. The first-order chi connectivity index (χ1) is 18.6. The van der Waals surface area contributed by atoms with E-state index in [-0.39, 0.29) is 5.78 Å². The van der Waals surface area contributed by atoms with Crippen LogP contribution in [0.5, 0.6) is 5.75 Å². The Kier molecular flexibility index (Phi) is 6.96. The summed E-state index contributed by atoms with van der Waals surface area (Å²) in [5, 5.41) is 4.71. The minimum absolute atomic E-state index is 0.0282. The molecule has 1 fully saturated rings. The van der Waals surface area contributed by atoms with Crippen LogP contribution in [0.4, 0.5) is 0 Å². The van der Waals surface area contributed by atoms with Crippen molar-refractivity contribution in [3.63, 3.8) is 0 Å². The number of rotatable bonds is 8. The monoisotopic (exact) mass is 524 g/mol. The fourth-order valence-corrected chi connectivity index (χ4v) is 6.36. The highest BCUT2D eigenvalue weighted by atomic mass is 32.1. The normalized spacial score (nSPS) is 16.3. The second kappa shape index (κ2) is 10.7. The smallest absolute Gasteiger partial charge is 0.195 e. The van der Waals surface area contributed by atoms with Crippen molar-refractivity contribution in [1.82, 2.24) is 19.7 Å². The summed E-state index contributed by atoms with van der Waals surface area (Å²) in [4.78, 5) is 21.8. The van der Waals surface area contributed by atoms with E-state index < -0.39 is 0 Å². The number of hydrogen-bond acceptors (Lipinski definition) is 6. The lowest BCUT2D eigenvalue weighted by Crippen LogP contribution is -2.31. The Bertz CT molecular complexity index is 1480. The lowest BCUT2D eigenvalue weighted by molar-refractivity contribution is 0.105. The maximum Gasteiger partial charge on any atom is 0.195 e. The largest absolute Gasteiger partial charge is 0.494 e. The third kappa shape index (κ3) is 4.84. The zero-order valence-electron chi connectivity index (χ0n) is 21.9. The molecule has 3 heterocycles. The average Bonchev–Trinajstić information content (AvgIpc) is 3.65. The number of fused-ring (bicyclic) bond motifs is 1. The number of benzene rings is 2. The van der Waals surface area contributed by atoms with Gasteiger partial charge in [0.1, 0.15) is 5.75 Å². The van der Waals surface area contributed by atoms with Crippen molar-refractivity contribution in [3.05, 3.63) is 99.3 Å². The first kappa shape index (κ1) is 24.8. The van der Waals surface area contributed by atoms with E-state index in [0.717, 1.165) is 71.8 Å². The highest BCUT2D eigenvalue weighted by molar-refractivity contribution is 7.11. The first-order valence-corrected chi connectivity index (χ1v) is 14.2. The predicted molar refractivity (Wildman–Crippen MR) is 152 cm³/mol. The summed E-state index contributed by atoms with van der Waals surface area (Å²) in [5.74, 6) is 0.759. The van der Waals surface area contributed by atoms with Crippen LogP contribution in [0, 0.1) is 6.92 Å². The van der Waals surface area contributed by atoms with Gasteiger partial charge in [-0.25, -0.2) is 4.98 Å². The molecule has 0 atom stereocenters. The molecule has 1 aliphatic heterocycles. The number of aryl methyl sites for hydroxylation is 2. The number of ether oxygens (including phenoxy) is 1. The van der Waals surface area contributed by atoms with E-state index in [1.165, 1.54) is 5.56 Å². The topological polar surface area (TPSA) is 60.2 Å². The van der Waals surface area contributed by atoms with Gasteiger partial charge in [-0.1, -0.05) is 30.3 Å². The van der Waals surface area contributed by atoms with Gasteiger partial charge in [-0.15, -0.1) is 11.3 Å². The minimum Gasteiger partial charge on any atom is -0.494 e. The molecule has 0 bridgehead atoms. The Balaban J connectivity index is 1.27. The maximum absolute atomic E-state index is 13.9. The van der Waals surface area contributed by atoms with Crippen LogP contribution in [0.15, 0.2) is 66.4 Å². The van der Waals surface area contributed by atoms with E-state index in [4.69, 9.17) is 9.84 Å². The van der Waals surface area contributed by atoms with Gasteiger partial charge in [-0.2, -0.15) is 5.10 Å². The van der Waals surface area contributed by atoms with Crippen LogP contribution in [0.2, 0.25) is 0 Å². The number of aromatic nitrogens is 3. The van der Waals surface area contributed by atoms with Gasteiger partial charge in [0, 0.05) is 28.5 Å². The molecule has 194 valence electrons. The van der Waals surface area contributed by atoms with Crippen LogP contribution in [-0.4, -0.2) is 52.2 Å². The standard InChI is InChI=1S/C31H32N4O2S/c1-21-31(38-20-32-21)29-26-11-10-25(37-16-6-9-22-7-4-3-5-8-22)17-27(26)30(36)28(29)23-18-33-35(19-23)24-12-14-34(2)15-13-24/h3-5,7-8,10-11,17-20,24H,6,9,12-16H2,1-2H3. The molecule has 6 nitrogen and oxygen atoms in total. The predicted octanol–water partition coefficient (Wildman–Crippen LogP) is 6.08. The van der Waals surface area contributed by atoms with E-state index in [0.29, 0.717) is 23.8 Å². The number of likely N-dealkylation sites (tertiary alicyclic amines) is 1. The van der Waals surface area contributed by atoms with Crippen LogP contribution >= 0.6 is 11.3 Å². The number of piperidine rings is 1. The molecule has 0 N–H and O–H groups in total. The molecule has 2 aromatic heterocycles. The summed E-state index contributed by atoms with van der Waals surface area (Å²) in [5.41, 5.74) is 8.28. The highest BCUT2D eigenvalue weighted by Gasteiger charge is 2.34. The van der Waals surface area contributed by atoms with Gasteiger partial charge >= 0.3 is 0 Å². The van der Waals surface area contributed by atoms with Crippen molar-refractivity contribution >= 4 is 28.3 Å². The molecular weight excluding hydrogens is 492 g/mol. The molecule has 0 saturated carbocycles. The van der Waals surface area contributed by atoms with Gasteiger partial charge < -0.3 is 9.64 Å². The van der Waals surface area contributed by atoms with E-state index in [1.807, 2.05) is 42.9 Å². The van der Waals surface area contributed by atoms with Crippen LogP contribution < -0.4 is 4.74 Å². The van der Waals surface area contributed by atoms with Gasteiger partial charge in [0.15, 0.2) is 5.78 Å². The summed E-state index contributed by atoms with van der Waals surface area (Å²) in [6.07, 6.45) is 7.93. The van der Waals surface area contributed by atoms with Crippen LogP contribution in [0.1, 0.15) is 62.9 Å². The summed E-state index contributed by atoms with van der Waals surface area (Å²) in [7, 11) is 2.16. The SMILES string of the molecule is Cc1ncsc1C1=C(c2cnn(C3CCN(C)CC3)c2)C(=O)c2cc(OCCCc3ccccc3)ccc21. The van der Waals surface area contributed by atoms with Gasteiger partial charge in [-0.3, -0.25) is 9.48 Å². The number of ketones is 1. The molecule has 0 unspecified atom stereocenters. The molecule has 38 heavy (non-hydrogen) atoms. The van der Waals surface area contributed by atoms with Crippen molar-refractivity contribution in [2.24, 2.45) is 0 Å². The second-order valence-corrected chi connectivity index (χ2v) is 11.1. The summed E-state index contributed by atoms with van der Waals surface area (Å²) >= 11 is 1.58. The van der Waals surface area contributed by atoms with Gasteiger partial charge in [0.2, 0.25) is 0 Å². The summed E-state index contributed by atoms with van der Waals surface area (Å²) in [6, 6.07) is 16.7. The minimum atomic E-state index is 0.0282. The van der Waals surface area contributed by atoms with Crippen LogP contribution in [0.3, 0.4) is 0 Å². The number of carbonyl (C=O) groups excluding carboxylic acids is 1. The molecule has 1 saturated heterocycles. The zero-order valence-corrected chi connectivity index (χ0v) is 22.7. The van der Waals surface area contributed by atoms with Crippen molar-refractivity contribution < 1.29 is 9.53 Å². The Hall–Kier alpha value is -3.55. The molecule has 7 heteroatoms. The van der Waals surface area contributed by atoms with Crippen molar-refractivity contribution in [2.45, 2.75) is 38.6 Å². The first-order valence-electron chi connectivity index (χ1n) is 13.3. The fourth-order valence-electron chi connectivity index (χ4n) is 5.49. The van der Waals surface area contributed by atoms with Crippen LogP contribution in [0.25, 0.3) is 11.1 Å². The van der Waals surface area contributed by atoms with E-state index in [1.54, 1.807) is 11.3 Å². The molecule has 0 radical (unpaired) electrons. The lowest BCUT2D eigenvalue weighted by Gasteiger charge is -2.28. The fraction of sp³-hybridized carbons (Fsp3) is 0.323. The molecule has 4 aromatic rings. The molecule has 0 amide bonds. The highest BCUT2D eigenvalue weighted by Crippen LogP contribution is 2.45. The van der Waals surface area contributed by atoms with Gasteiger partial charge in [0.05, 0.1) is 34.9 Å². The zero-order chi connectivity index (χ0) is 26.1. The molecule has 1 aliphatic carbocycles. The number of hydrogen-bond donors (Lipinski definition) is 0. The molecular formula is C31H32N4O2S.